The van der Waals surface area contributed by atoms with Crippen LogP contribution < -0.4 is 10.1 Å². The summed E-state index contributed by atoms with van der Waals surface area (Å²) in [5.41, 5.74) is 3.99. The second-order valence-corrected chi connectivity index (χ2v) is 8.66. The highest BCUT2D eigenvalue weighted by molar-refractivity contribution is 5.72. The molecule has 1 fully saturated rings. The summed E-state index contributed by atoms with van der Waals surface area (Å²) in [4.78, 5) is 4.45. The zero-order valence-electron chi connectivity index (χ0n) is 18.5. The van der Waals surface area contributed by atoms with E-state index < -0.39 is 0 Å². The molecule has 0 atom stereocenters. The average Bonchev–Trinajstić information content (AvgIpc) is 3.47. The first-order valence-electron chi connectivity index (χ1n) is 10.9. The van der Waals surface area contributed by atoms with Gasteiger partial charge in [0.2, 0.25) is 5.88 Å². The molecule has 0 aliphatic heterocycles. The van der Waals surface area contributed by atoms with Gasteiger partial charge in [-0.15, -0.1) is 0 Å². The van der Waals surface area contributed by atoms with Gasteiger partial charge in [0.05, 0.1) is 25.1 Å². The SMILES string of the molecule is COCc1cc2c(Nc3cc(C4CC(COc5[nH]ncc5C(C)C)C4)[nH]n3)nccn2n1. The third-order valence-corrected chi connectivity index (χ3v) is 5.97. The molecule has 10 heteroatoms. The number of ether oxygens (including phenoxy) is 2. The van der Waals surface area contributed by atoms with Crippen molar-refractivity contribution in [1.82, 2.24) is 35.0 Å². The van der Waals surface area contributed by atoms with E-state index in [2.05, 4.69) is 55.7 Å². The zero-order valence-corrected chi connectivity index (χ0v) is 18.5. The molecule has 1 saturated carbocycles. The Morgan fingerprint density at radius 1 is 1.25 bits per heavy atom. The number of hydrogen-bond acceptors (Lipinski definition) is 7. The average molecular weight is 437 g/mol. The Balaban J connectivity index is 1.18. The molecule has 32 heavy (non-hydrogen) atoms. The third-order valence-electron chi connectivity index (χ3n) is 5.97. The largest absolute Gasteiger partial charge is 0.477 e. The molecule has 0 unspecified atom stereocenters. The molecule has 0 amide bonds. The number of anilines is 2. The topological polar surface area (TPSA) is 118 Å². The molecule has 168 valence electrons. The fourth-order valence-corrected chi connectivity index (χ4v) is 4.16. The Hall–Kier alpha value is -3.40. The maximum Gasteiger partial charge on any atom is 0.212 e. The van der Waals surface area contributed by atoms with Crippen molar-refractivity contribution in [2.45, 2.75) is 45.1 Å². The van der Waals surface area contributed by atoms with E-state index in [1.54, 1.807) is 17.8 Å². The van der Waals surface area contributed by atoms with Gasteiger partial charge < -0.3 is 14.8 Å². The summed E-state index contributed by atoms with van der Waals surface area (Å²) >= 11 is 0. The molecule has 4 aromatic rings. The molecule has 0 aromatic carbocycles. The van der Waals surface area contributed by atoms with Crippen LogP contribution in [0.25, 0.3) is 5.52 Å². The fraction of sp³-hybridized carbons (Fsp3) is 0.455. The van der Waals surface area contributed by atoms with Gasteiger partial charge in [0.1, 0.15) is 5.52 Å². The monoisotopic (exact) mass is 436 g/mol. The molecule has 10 nitrogen and oxygen atoms in total. The van der Waals surface area contributed by atoms with E-state index in [9.17, 15) is 0 Å². The number of nitrogens with one attached hydrogen (secondary N) is 3. The Kier molecular flexibility index (Phi) is 5.52. The van der Waals surface area contributed by atoms with Crippen molar-refractivity contribution in [3.63, 3.8) is 0 Å². The van der Waals surface area contributed by atoms with Crippen molar-refractivity contribution in [2.24, 2.45) is 5.92 Å². The van der Waals surface area contributed by atoms with Crippen LogP contribution in [0.5, 0.6) is 5.88 Å². The van der Waals surface area contributed by atoms with Crippen molar-refractivity contribution in [3.8, 4) is 5.88 Å². The van der Waals surface area contributed by atoms with Gasteiger partial charge in [-0.1, -0.05) is 13.8 Å². The number of methoxy groups -OCH3 is 1. The van der Waals surface area contributed by atoms with Crippen LogP contribution in [0.3, 0.4) is 0 Å². The summed E-state index contributed by atoms with van der Waals surface area (Å²) in [7, 11) is 1.66. The molecule has 0 saturated heterocycles. The number of hydrogen-bond donors (Lipinski definition) is 3. The Morgan fingerprint density at radius 2 is 2.12 bits per heavy atom. The number of nitrogens with zero attached hydrogens (tertiary/aromatic N) is 5. The second-order valence-electron chi connectivity index (χ2n) is 8.66. The van der Waals surface area contributed by atoms with Crippen LogP contribution in [0.2, 0.25) is 0 Å². The van der Waals surface area contributed by atoms with Gasteiger partial charge in [0.15, 0.2) is 11.6 Å². The van der Waals surface area contributed by atoms with Gasteiger partial charge in [-0.05, 0) is 30.7 Å². The van der Waals surface area contributed by atoms with Crippen LogP contribution in [-0.2, 0) is 11.3 Å². The molecule has 4 aromatic heterocycles. The minimum absolute atomic E-state index is 0.392. The van der Waals surface area contributed by atoms with E-state index in [0.717, 1.165) is 47.0 Å². The van der Waals surface area contributed by atoms with Crippen LogP contribution in [0.15, 0.2) is 30.7 Å². The quantitative estimate of drug-likeness (QED) is 0.365. The van der Waals surface area contributed by atoms with Crippen molar-refractivity contribution in [2.75, 3.05) is 19.0 Å². The molecular formula is C22H28N8O2. The Morgan fingerprint density at radius 3 is 2.94 bits per heavy atom. The normalized spacial score (nSPS) is 18.2. The van der Waals surface area contributed by atoms with E-state index in [1.807, 2.05) is 18.5 Å². The number of H-pyrrole nitrogens is 2. The smallest absolute Gasteiger partial charge is 0.212 e. The first-order valence-corrected chi connectivity index (χ1v) is 10.9. The lowest BCUT2D eigenvalue weighted by Crippen LogP contribution is -2.27. The highest BCUT2D eigenvalue weighted by Gasteiger charge is 2.32. The minimum atomic E-state index is 0.392. The van der Waals surface area contributed by atoms with Gasteiger partial charge in [-0.25, -0.2) is 14.6 Å². The molecule has 4 heterocycles. The van der Waals surface area contributed by atoms with E-state index in [1.165, 1.54) is 0 Å². The molecule has 3 N–H and O–H groups in total. The van der Waals surface area contributed by atoms with Crippen molar-refractivity contribution < 1.29 is 9.47 Å². The highest BCUT2D eigenvalue weighted by atomic mass is 16.5. The number of fused-ring (bicyclic) bond motifs is 1. The lowest BCUT2D eigenvalue weighted by molar-refractivity contribution is 0.151. The van der Waals surface area contributed by atoms with E-state index in [4.69, 9.17) is 9.47 Å². The first kappa shape index (κ1) is 20.5. The molecule has 5 rings (SSSR count). The van der Waals surface area contributed by atoms with Crippen molar-refractivity contribution >= 4 is 17.2 Å². The second kappa shape index (κ2) is 8.62. The standard InChI is InChI=1S/C22H28N8O2/c1-13(2)17-10-24-28-22(17)32-11-14-6-15(7-14)18-9-20(27-26-18)25-21-19-8-16(12-31-3)29-30(19)5-4-23-21/h4-5,8-10,13-15H,6-7,11-12H2,1-3H3,(H,24,28)(H2,23,25,26,27). The van der Waals surface area contributed by atoms with Crippen LogP contribution in [-0.4, -0.2) is 48.7 Å². The summed E-state index contributed by atoms with van der Waals surface area (Å²) in [6, 6.07) is 4.03. The predicted octanol–water partition coefficient (Wildman–Crippen LogP) is 3.76. The van der Waals surface area contributed by atoms with Crippen LogP contribution in [0, 0.1) is 5.92 Å². The minimum Gasteiger partial charge on any atom is -0.477 e. The zero-order chi connectivity index (χ0) is 22.1. The van der Waals surface area contributed by atoms with Crippen molar-refractivity contribution in [1.29, 1.82) is 0 Å². The van der Waals surface area contributed by atoms with Gasteiger partial charge in [-0.2, -0.15) is 15.3 Å². The van der Waals surface area contributed by atoms with Crippen molar-refractivity contribution in [3.05, 3.63) is 47.7 Å². The van der Waals surface area contributed by atoms with E-state index in [-0.39, 0.29) is 0 Å². The molecule has 0 radical (unpaired) electrons. The summed E-state index contributed by atoms with van der Waals surface area (Å²) in [6.45, 7) is 5.44. The first-order chi connectivity index (χ1) is 15.6. The maximum atomic E-state index is 5.99. The molecular weight excluding hydrogens is 408 g/mol. The molecule has 1 aliphatic rings. The van der Waals surface area contributed by atoms with Crippen LogP contribution >= 0.6 is 0 Å². The van der Waals surface area contributed by atoms with Gasteiger partial charge >= 0.3 is 0 Å². The van der Waals surface area contributed by atoms with Crippen LogP contribution in [0.1, 0.15) is 55.5 Å². The summed E-state index contributed by atoms with van der Waals surface area (Å²) in [6.07, 6.45) is 7.53. The Bertz CT molecular complexity index is 1190. The molecule has 0 bridgehead atoms. The lowest BCUT2D eigenvalue weighted by atomic mass is 9.74. The number of aromatic amines is 2. The van der Waals surface area contributed by atoms with Gasteiger partial charge in [-0.3, -0.25) is 5.10 Å². The summed E-state index contributed by atoms with van der Waals surface area (Å²) in [5.74, 6) is 3.64. The lowest BCUT2D eigenvalue weighted by Gasteiger charge is -2.34. The fourth-order valence-electron chi connectivity index (χ4n) is 4.16. The Labute approximate surface area is 185 Å². The summed E-state index contributed by atoms with van der Waals surface area (Å²) < 4.78 is 13.0. The van der Waals surface area contributed by atoms with Gasteiger partial charge in [0.25, 0.3) is 0 Å². The highest BCUT2D eigenvalue weighted by Crippen LogP contribution is 2.42. The molecule has 1 aliphatic carbocycles. The van der Waals surface area contributed by atoms with E-state index in [0.29, 0.717) is 36.8 Å². The summed E-state index contributed by atoms with van der Waals surface area (Å²) in [5, 5.41) is 22.5. The predicted molar refractivity (Wildman–Crippen MR) is 119 cm³/mol. The molecule has 0 spiro atoms. The number of rotatable bonds is 9. The van der Waals surface area contributed by atoms with E-state index >= 15 is 0 Å². The third kappa shape index (κ3) is 4.05. The van der Waals surface area contributed by atoms with Gasteiger partial charge in [0, 0.05) is 42.7 Å². The maximum absolute atomic E-state index is 5.99. The van der Waals surface area contributed by atoms with Crippen LogP contribution in [0.4, 0.5) is 11.6 Å². The number of aromatic nitrogens is 7.